The Morgan fingerprint density at radius 1 is 1.15 bits per heavy atom. The minimum atomic E-state index is -0.522. The van der Waals surface area contributed by atoms with Gasteiger partial charge in [-0.2, -0.15) is 0 Å². The number of likely N-dealkylation sites (N-methyl/N-ethyl adjacent to an activating group) is 1. The molecule has 0 radical (unpaired) electrons. The van der Waals surface area contributed by atoms with E-state index >= 15 is 0 Å². The van der Waals surface area contributed by atoms with Crippen LogP contribution in [-0.4, -0.2) is 71.7 Å². The Labute approximate surface area is 157 Å². The molecule has 1 heterocycles. The molecule has 144 valence electrons. The second kappa shape index (κ2) is 8.07. The van der Waals surface area contributed by atoms with Gasteiger partial charge in [0, 0.05) is 39.0 Å². The van der Waals surface area contributed by atoms with Crippen LogP contribution < -0.4 is 5.32 Å². The topological polar surface area (TPSA) is 55.8 Å². The molecule has 1 aliphatic carbocycles. The van der Waals surface area contributed by atoms with E-state index in [1.807, 2.05) is 13.8 Å². The first-order valence-electron chi connectivity index (χ1n) is 9.96. The van der Waals surface area contributed by atoms with Crippen molar-refractivity contribution in [2.75, 3.05) is 39.3 Å². The summed E-state index contributed by atoms with van der Waals surface area (Å²) in [4.78, 5) is 18.3. The molecule has 1 atom stereocenters. The summed E-state index contributed by atoms with van der Waals surface area (Å²) in [5, 5.41) is 12.8. The maximum atomic E-state index is 13.5. The summed E-state index contributed by atoms with van der Waals surface area (Å²) in [5.41, 5.74) is 2.04. The van der Waals surface area contributed by atoms with Crippen molar-refractivity contribution in [1.29, 1.82) is 0 Å². The van der Waals surface area contributed by atoms with Crippen LogP contribution in [-0.2, 0) is 17.6 Å². The molecule has 26 heavy (non-hydrogen) atoms. The number of aliphatic hydroxyl groups is 1. The van der Waals surface area contributed by atoms with E-state index in [0.717, 1.165) is 45.6 Å². The fraction of sp³-hybridized carbons (Fsp3) is 0.667. The van der Waals surface area contributed by atoms with E-state index in [1.165, 1.54) is 11.1 Å². The predicted octanol–water partition coefficient (Wildman–Crippen LogP) is 1.29. The van der Waals surface area contributed by atoms with E-state index in [-0.39, 0.29) is 24.5 Å². The van der Waals surface area contributed by atoms with Crippen molar-refractivity contribution in [3.05, 3.63) is 35.4 Å². The van der Waals surface area contributed by atoms with Crippen molar-refractivity contribution in [1.82, 2.24) is 15.1 Å². The van der Waals surface area contributed by atoms with Crippen LogP contribution in [0.25, 0.3) is 0 Å². The van der Waals surface area contributed by atoms with Crippen molar-refractivity contribution >= 4 is 5.91 Å². The molecule has 0 bridgehead atoms. The van der Waals surface area contributed by atoms with Gasteiger partial charge in [0.25, 0.3) is 0 Å². The number of hydrogen-bond acceptors (Lipinski definition) is 4. The largest absolute Gasteiger partial charge is 0.394 e. The summed E-state index contributed by atoms with van der Waals surface area (Å²) in [7, 11) is 0. The average molecular weight is 360 g/mol. The molecule has 0 spiro atoms. The molecule has 2 aliphatic rings. The van der Waals surface area contributed by atoms with Gasteiger partial charge in [-0.1, -0.05) is 45.0 Å². The number of amides is 1. The summed E-state index contributed by atoms with van der Waals surface area (Å²) in [6.45, 7) is 11.2. The minimum Gasteiger partial charge on any atom is -0.394 e. The number of carbonyl (C=O) groups is 1. The maximum absolute atomic E-state index is 13.5. The van der Waals surface area contributed by atoms with Gasteiger partial charge >= 0.3 is 0 Å². The first-order chi connectivity index (χ1) is 12.5. The number of piperazine rings is 1. The van der Waals surface area contributed by atoms with Gasteiger partial charge < -0.3 is 15.3 Å². The highest BCUT2D eigenvalue weighted by Crippen LogP contribution is 2.36. The summed E-state index contributed by atoms with van der Waals surface area (Å²) < 4.78 is 0. The van der Waals surface area contributed by atoms with Crippen LogP contribution in [0.15, 0.2) is 24.3 Å². The number of fused-ring (bicyclic) bond motifs is 1. The van der Waals surface area contributed by atoms with E-state index in [1.54, 1.807) is 0 Å². The van der Waals surface area contributed by atoms with Gasteiger partial charge in [0.15, 0.2) is 0 Å². The summed E-state index contributed by atoms with van der Waals surface area (Å²) in [6.07, 6.45) is 1.52. The van der Waals surface area contributed by atoms with E-state index < -0.39 is 5.54 Å². The SMILES string of the molecule is CCN1CCN(C2(C(=O)NC(CO)C(C)C)Cc3ccccc3C2)CC1. The summed E-state index contributed by atoms with van der Waals surface area (Å²) in [5.74, 6) is 0.285. The van der Waals surface area contributed by atoms with Crippen LogP contribution in [0.3, 0.4) is 0 Å². The van der Waals surface area contributed by atoms with Gasteiger partial charge in [-0.15, -0.1) is 0 Å². The van der Waals surface area contributed by atoms with E-state index in [2.05, 4.69) is 46.3 Å². The molecule has 3 rings (SSSR count). The van der Waals surface area contributed by atoms with Gasteiger partial charge in [0.2, 0.25) is 5.91 Å². The molecule has 0 saturated carbocycles. The average Bonchev–Trinajstić information content (AvgIpc) is 3.06. The van der Waals surface area contributed by atoms with Crippen molar-refractivity contribution in [3.8, 4) is 0 Å². The van der Waals surface area contributed by atoms with Crippen molar-refractivity contribution in [2.24, 2.45) is 5.92 Å². The Hall–Kier alpha value is -1.43. The zero-order chi connectivity index (χ0) is 18.7. The molecular formula is C21H33N3O2. The lowest BCUT2D eigenvalue weighted by Gasteiger charge is -2.45. The standard InChI is InChI=1S/C21H33N3O2/c1-4-23-9-11-24(12-10-23)21(20(26)22-19(15-25)16(2)3)13-17-7-5-6-8-18(17)14-21/h5-8,16,19,25H,4,9-15H2,1-3H3,(H,22,26). The lowest BCUT2D eigenvalue weighted by atomic mass is 9.90. The molecule has 5 nitrogen and oxygen atoms in total. The second-order valence-electron chi connectivity index (χ2n) is 8.08. The molecule has 5 heteroatoms. The van der Waals surface area contributed by atoms with Gasteiger partial charge in [0.1, 0.15) is 5.54 Å². The number of nitrogens with one attached hydrogen (secondary N) is 1. The fourth-order valence-electron chi connectivity index (χ4n) is 4.34. The molecule has 1 fully saturated rings. The Bertz CT molecular complexity index is 598. The number of rotatable bonds is 6. The Morgan fingerprint density at radius 2 is 1.73 bits per heavy atom. The van der Waals surface area contributed by atoms with Crippen molar-refractivity contribution in [3.63, 3.8) is 0 Å². The number of aliphatic hydroxyl groups excluding tert-OH is 1. The fourth-order valence-corrected chi connectivity index (χ4v) is 4.34. The Kier molecular flexibility index (Phi) is 6.00. The van der Waals surface area contributed by atoms with E-state index in [0.29, 0.717) is 0 Å². The van der Waals surface area contributed by atoms with Gasteiger partial charge in [-0.25, -0.2) is 0 Å². The normalized spacial score (nSPS) is 21.6. The van der Waals surface area contributed by atoms with Gasteiger partial charge in [0.05, 0.1) is 12.6 Å². The third-order valence-electron chi connectivity index (χ3n) is 6.25. The second-order valence-corrected chi connectivity index (χ2v) is 8.08. The predicted molar refractivity (Wildman–Crippen MR) is 104 cm³/mol. The van der Waals surface area contributed by atoms with E-state index in [9.17, 15) is 9.90 Å². The highest BCUT2D eigenvalue weighted by atomic mass is 16.3. The third kappa shape index (κ3) is 3.66. The zero-order valence-electron chi connectivity index (χ0n) is 16.4. The molecule has 2 N–H and O–H groups in total. The molecule has 1 amide bonds. The third-order valence-corrected chi connectivity index (χ3v) is 6.25. The van der Waals surface area contributed by atoms with Crippen LogP contribution in [0, 0.1) is 5.92 Å². The van der Waals surface area contributed by atoms with Crippen LogP contribution >= 0.6 is 0 Å². The lowest BCUT2D eigenvalue weighted by molar-refractivity contribution is -0.136. The molecule has 0 aromatic heterocycles. The molecular weight excluding hydrogens is 326 g/mol. The number of benzene rings is 1. The Morgan fingerprint density at radius 3 is 2.19 bits per heavy atom. The quantitative estimate of drug-likeness (QED) is 0.804. The lowest BCUT2D eigenvalue weighted by Crippen LogP contribution is -2.65. The molecule has 1 aromatic rings. The molecule has 1 aliphatic heterocycles. The Balaban J connectivity index is 1.85. The van der Waals surface area contributed by atoms with Crippen LogP contribution in [0.1, 0.15) is 31.9 Å². The van der Waals surface area contributed by atoms with Crippen LogP contribution in [0.2, 0.25) is 0 Å². The van der Waals surface area contributed by atoms with Gasteiger partial charge in [-0.3, -0.25) is 9.69 Å². The van der Waals surface area contributed by atoms with Crippen LogP contribution in [0.4, 0.5) is 0 Å². The summed E-state index contributed by atoms with van der Waals surface area (Å²) >= 11 is 0. The number of nitrogens with zero attached hydrogens (tertiary/aromatic N) is 2. The van der Waals surface area contributed by atoms with E-state index in [4.69, 9.17) is 0 Å². The van der Waals surface area contributed by atoms with Crippen LogP contribution in [0.5, 0.6) is 0 Å². The molecule has 1 saturated heterocycles. The first-order valence-corrected chi connectivity index (χ1v) is 9.96. The number of hydrogen-bond donors (Lipinski definition) is 2. The highest BCUT2D eigenvalue weighted by molar-refractivity contribution is 5.88. The van der Waals surface area contributed by atoms with Crippen molar-refractivity contribution < 1.29 is 9.90 Å². The number of carbonyl (C=O) groups excluding carboxylic acids is 1. The monoisotopic (exact) mass is 359 g/mol. The highest BCUT2D eigenvalue weighted by Gasteiger charge is 2.49. The van der Waals surface area contributed by atoms with Gasteiger partial charge in [-0.05, 0) is 23.6 Å². The first kappa shape index (κ1) is 19.3. The summed E-state index contributed by atoms with van der Waals surface area (Å²) in [6, 6.07) is 8.23. The molecule has 1 unspecified atom stereocenters. The minimum absolute atomic E-state index is 0.0178. The van der Waals surface area contributed by atoms with Crippen molar-refractivity contribution in [2.45, 2.75) is 45.2 Å². The molecule has 1 aromatic carbocycles. The zero-order valence-corrected chi connectivity index (χ0v) is 16.4. The maximum Gasteiger partial charge on any atom is 0.241 e. The smallest absolute Gasteiger partial charge is 0.241 e.